The molecule has 0 radical (unpaired) electrons. The fraction of sp³-hybridized carbons (Fsp3) is 0.759. The Labute approximate surface area is 447 Å². The molecule has 0 spiro atoms. The van der Waals surface area contributed by atoms with E-state index in [9.17, 15) is 9.90 Å². The van der Waals surface area contributed by atoms with Gasteiger partial charge in [-0.2, -0.15) is 9.97 Å². The normalized spacial score (nSPS) is 38.1. The maximum atomic E-state index is 15.3. The van der Waals surface area contributed by atoms with Crippen LogP contribution in [0.1, 0.15) is 114 Å². The van der Waals surface area contributed by atoms with Gasteiger partial charge in [0.15, 0.2) is 29.6 Å². The summed E-state index contributed by atoms with van der Waals surface area (Å²) in [6.07, 6.45) is 1.06. The van der Waals surface area contributed by atoms with E-state index in [1.807, 2.05) is 72.3 Å². The number of pyridine rings is 1. The van der Waals surface area contributed by atoms with Gasteiger partial charge in [-0.05, 0) is 92.6 Å². The number of carbonyl (C=O) groups is 3. The molecular weight excluding hydrogens is 985 g/mol. The summed E-state index contributed by atoms with van der Waals surface area (Å²) >= 11 is 1.38. The Kier molecular flexibility index (Phi) is 19.8. The Bertz CT molecular complexity index is 2400. The zero-order valence-electron chi connectivity index (χ0n) is 45.8. The minimum atomic E-state index is -1.41. The highest BCUT2D eigenvalue weighted by molar-refractivity contribution is 8.00. The lowest BCUT2D eigenvalue weighted by atomic mass is 9.70. The molecule has 18 atom stereocenters. The number of rotatable bonds is 15. The molecule has 20 nitrogen and oxygen atoms in total. The number of aryl methyl sites for hydroxylation is 1. The Morgan fingerprint density at radius 3 is 2.27 bits per heavy atom. The van der Waals surface area contributed by atoms with Crippen LogP contribution in [0.25, 0.3) is 11.2 Å². The number of ether oxygens (including phenoxy) is 8. The number of imidazole rings is 1. The molecule has 21 heteroatoms. The predicted octanol–water partition coefficient (Wildman–Crippen LogP) is 6.46. The second-order valence-corrected chi connectivity index (χ2v) is 23.3. The molecule has 0 bridgehead atoms. The van der Waals surface area contributed by atoms with Crippen LogP contribution >= 0.6 is 11.8 Å². The lowest BCUT2D eigenvalue weighted by Gasteiger charge is -2.49. The number of methoxy groups -OCH3 is 2. The van der Waals surface area contributed by atoms with Gasteiger partial charge in [-0.1, -0.05) is 35.1 Å². The quantitative estimate of drug-likeness (QED) is 0.138. The van der Waals surface area contributed by atoms with Gasteiger partial charge in [-0.15, -0.1) is 11.8 Å². The van der Waals surface area contributed by atoms with Gasteiger partial charge in [-0.25, -0.2) is 4.98 Å². The van der Waals surface area contributed by atoms with Crippen LogP contribution in [0.4, 0.5) is 11.8 Å². The van der Waals surface area contributed by atoms with E-state index in [1.165, 1.54) is 18.9 Å². The van der Waals surface area contributed by atoms with Gasteiger partial charge in [0.2, 0.25) is 5.95 Å². The molecule has 4 saturated heterocycles. The molecule has 3 aromatic rings. The summed E-state index contributed by atoms with van der Waals surface area (Å²) in [6.45, 7) is 19.5. The van der Waals surface area contributed by atoms with Crippen molar-refractivity contribution in [1.29, 1.82) is 0 Å². The van der Waals surface area contributed by atoms with Crippen LogP contribution in [-0.2, 0) is 65.4 Å². The molecule has 0 amide bonds. The van der Waals surface area contributed by atoms with Crippen molar-refractivity contribution in [2.45, 2.75) is 199 Å². The number of aliphatic hydroxyl groups excluding tert-OH is 1. The molecule has 7 rings (SSSR count). The zero-order valence-corrected chi connectivity index (χ0v) is 46.6. The summed E-state index contributed by atoms with van der Waals surface area (Å²) in [5.41, 5.74) is 4.72. The van der Waals surface area contributed by atoms with Gasteiger partial charge in [-0.3, -0.25) is 19.4 Å². The number of Topliss-reactive ketones (excluding diaryl/α,β-unsaturated/α-hetero) is 1. The number of aliphatic hydroxyl groups is 1. The van der Waals surface area contributed by atoms with Gasteiger partial charge in [0.25, 0.3) is 0 Å². The number of esters is 2. The molecule has 11 unspecified atom stereocenters. The van der Waals surface area contributed by atoms with E-state index < -0.39 is 107 Å². The van der Waals surface area contributed by atoms with Crippen LogP contribution in [0.2, 0.25) is 0 Å². The summed E-state index contributed by atoms with van der Waals surface area (Å²) in [4.78, 5) is 64.7. The Morgan fingerprint density at radius 2 is 1.61 bits per heavy atom. The number of cyclic esters (lactones) is 1. The number of aromatic nitrogens is 5. The van der Waals surface area contributed by atoms with Crippen molar-refractivity contribution >= 4 is 52.4 Å². The third kappa shape index (κ3) is 12.8. The number of thioether (sulfide) groups is 1. The predicted molar refractivity (Wildman–Crippen MR) is 285 cm³/mol. The van der Waals surface area contributed by atoms with Crippen molar-refractivity contribution in [2.24, 2.45) is 29.6 Å². The number of fused-ring (bicyclic) bond motifs is 2. The van der Waals surface area contributed by atoms with Crippen molar-refractivity contribution in [3.8, 4) is 0 Å². The van der Waals surface area contributed by atoms with Crippen LogP contribution in [0.15, 0.2) is 30.9 Å². The van der Waals surface area contributed by atoms with Gasteiger partial charge < -0.3 is 63.5 Å². The zero-order chi connectivity index (χ0) is 54.0. The fourth-order valence-corrected chi connectivity index (χ4v) is 13.5. The summed E-state index contributed by atoms with van der Waals surface area (Å²) < 4.78 is 54.2. The van der Waals surface area contributed by atoms with Crippen molar-refractivity contribution < 1.29 is 57.4 Å². The van der Waals surface area contributed by atoms with Gasteiger partial charge in [0.1, 0.15) is 28.8 Å². The average molecular weight is 1070 g/mol. The molecule has 3 aromatic heterocycles. The summed E-state index contributed by atoms with van der Waals surface area (Å²) in [5, 5.41) is 13.6. The van der Waals surface area contributed by atoms with Crippen molar-refractivity contribution in [2.75, 3.05) is 45.1 Å². The standard InChI is InChI=1S/C53H82N8O12S.CH4/c1-15-36-53(10)39(43(49(65)73-53)74-21-20-61-27-57-40-46(54)58-50(59-47(40)61)56-26-34-16-18-55-19-17-34)30(4)41(62)28(2)24-52(9,67-14)45(72-37-23-35(60(11)12)22-29(3)68-37)31(5)42(32(6)48(64)70-36)71-38-25-51(8,66-13)44(63)33(7)69-38;/h16-19,27-33,35-39,42-45,63H,15,20-26H2,1-14H3,(H3,54,56,58,59);1H4/t28-,29?,30?,31+,32?,33?,35?,36-,37?,38?,39?,42+,43?,44+,45-,51?,52?,53-;/m1./s1. The number of nitrogens with one attached hydrogen (secondary N) is 1. The van der Waals surface area contributed by atoms with Crippen LogP contribution in [0.5, 0.6) is 0 Å². The molecule has 4 N–H and O–H groups in total. The largest absolute Gasteiger partial charge is 0.458 e. The van der Waals surface area contributed by atoms with E-state index in [0.29, 0.717) is 42.4 Å². The lowest BCUT2D eigenvalue weighted by Crippen LogP contribution is -2.59. The highest BCUT2D eigenvalue weighted by Gasteiger charge is 2.62. The van der Waals surface area contributed by atoms with Crippen molar-refractivity contribution in [3.63, 3.8) is 0 Å². The lowest BCUT2D eigenvalue weighted by molar-refractivity contribution is -0.309. The molecule has 7 heterocycles. The van der Waals surface area contributed by atoms with Crippen LogP contribution < -0.4 is 11.1 Å². The minimum Gasteiger partial charge on any atom is -0.458 e. The maximum Gasteiger partial charge on any atom is 0.320 e. The summed E-state index contributed by atoms with van der Waals surface area (Å²) in [7, 11) is 7.22. The number of anilines is 2. The van der Waals surface area contributed by atoms with E-state index in [1.54, 1.807) is 53.5 Å². The average Bonchev–Trinajstić information content (AvgIpc) is 3.90. The van der Waals surface area contributed by atoms with Gasteiger partial charge >= 0.3 is 11.9 Å². The Balaban J connectivity index is 0.00000914. The highest BCUT2D eigenvalue weighted by atomic mass is 32.2. The second kappa shape index (κ2) is 24.7. The number of hydrogen-bond acceptors (Lipinski definition) is 20. The van der Waals surface area contributed by atoms with E-state index in [0.717, 1.165) is 12.0 Å². The van der Waals surface area contributed by atoms with Crippen molar-refractivity contribution in [1.82, 2.24) is 29.4 Å². The maximum absolute atomic E-state index is 15.3. The van der Waals surface area contributed by atoms with Crippen molar-refractivity contribution in [3.05, 3.63) is 36.4 Å². The topological polar surface area (TPSA) is 243 Å². The smallest absolute Gasteiger partial charge is 0.320 e. The SMILES string of the molecule is C.CC[C@H]1OC(=O)C(C)[C@@H](OC2CC(C)(OC)[C@@H](O)C(C)O2)[C@H](C)[C@@H](OC2CC(N(C)C)CC(C)O2)C(C)(OC)C[C@@H](C)C(=O)C(C)C2C(SCCn3cnc4c(N)nc(NCc5ccncc5)nc43)C(=O)O[C@@]21C. The summed E-state index contributed by atoms with van der Waals surface area (Å²) in [5.74, 6) is -3.89. The monoisotopic (exact) mass is 1070 g/mol. The Morgan fingerprint density at radius 1 is 0.920 bits per heavy atom. The molecule has 0 aromatic carbocycles. The first-order valence-electron chi connectivity index (χ1n) is 26.2. The number of carbonyl (C=O) groups excluding carboxylic acids is 3. The number of nitrogens with zero attached hydrogens (tertiary/aromatic N) is 6. The molecular formula is C54H86N8O12S. The van der Waals surface area contributed by atoms with Crippen LogP contribution in [0, 0.1) is 29.6 Å². The van der Waals surface area contributed by atoms with E-state index in [2.05, 4.69) is 25.2 Å². The number of nitrogens with two attached hydrogens (primary N) is 1. The van der Waals surface area contributed by atoms with E-state index in [-0.39, 0.29) is 50.4 Å². The van der Waals surface area contributed by atoms with Crippen LogP contribution in [0.3, 0.4) is 0 Å². The minimum absolute atomic E-state index is 0. The molecule has 4 aliphatic heterocycles. The summed E-state index contributed by atoms with van der Waals surface area (Å²) in [6, 6.07) is 3.95. The van der Waals surface area contributed by atoms with Gasteiger partial charge in [0, 0.05) is 88.0 Å². The number of ketones is 1. The molecule has 4 fully saturated rings. The molecule has 75 heavy (non-hydrogen) atoms. The number of nitrogen functional groups attached to an aromatic ring is 1. The molecule has 0 saturated carbocycles. The third-order valence-electron chi connectivity index (χ3n) is 16.5. The molecule has 420 valence electrons. The Hall–Kier alpha value is -4.06. The van der Waals surface area contributed by atoms with E-state index >= 15 is 9.59 Å². The second-order valence-electron chi connectivity index (χ2n) is 22.0. The first-order valence-corrected chi connectivity index (χ1v) is 27.3. The first-order chi connectivity index (χ1) is 35.0. The molecule has 4 aliphatic rings. The van der Waals surface area contributed by atoms with Gasteiger partial charge in [0.05, 0.1) is 47.9 Å². The first kappa shape index (κ1) is 60.2. The van der Waals surface area contributed by atoms with E-state index in [4.69, 9.17) is 48.6 Å². The third-order valence-corrected chi connectivity index (χ3v) is 17.8. The van der Waals surface area contributed by atoms with Crippen LogP contribution in [-0.4, -0.2) is 164 Å². The molecule has 0 aliphatic carbocycles. The highest BCUT2D eigenvalue weighted by Crippen LogP contribution is 2.49. The fourth-order valence-electron chi connectivity index (χ4n) is 12.0. The number of hydrogen-bond donors (Lipinski definition) is 3.